The molecule has 0 radical (unpaired) electrons. The Morgan fingerprint density at radius 1 is 1.26 bits per heavy atom. The second-order valence-electron chi connectivity index (χ2n) is 7.45. The van der Waals surface area contributed by atoms with E-state index < -0.39 is 5.60 Å². The van der Waals surface area contributed by atoms with Crippen LogP contribution in [0.4, 0.5) is 4.79 Å². The summed E-state index contributed by atoms with van der Waals surface area (Å²) in [6.07, 6.45) is 2.34. The van der Waals surface area contributed by atoms with Crippen LogP contribution in [0.15, 0.2) is 23.3 Å². The van der Waals surface area contributed by atoms with E-state index in [9.17, 15) is 4.79 Å². The fourth-order valence-corrected chi connectivity index (χ4v) is 2.58. The van der Waals surface area contributed by atoms with Crippen molar-refractivity contribution >= 4 is 12.1 Å². The quantitative estimate of drug-likeness (QED) is 0.625. The SMILES string of the molecule is CCCOc1ncccc1CN=C(N)N1CCN(C(=O)OC(C)(C)C)CC1. The largest absolute Gasteiger partial charge is 0.477 e. The molecular weight excluding hydrogens is 346 g/mol. The van der Waals surface area contributed by atoms with Gasteiger partial charge in [-0.05, 0) is 33.3 Å². The molecule has 1 aliphatic rings. The van der Waals surface area contributed by atoms with E-state index in [4.69, 9.17) is 15.2 Å². The van der Waals surface area contributed by atoms with E-state index in [2.05, 4.69) is 16.9 Å². The molecule has 1 aliphatic heterocycles. The zero-order valence-corrected chi connectivity index (χ0v) is 16.8. The molecule has 0 unspecified atom stereocenters. The lowest BCUT2D eigenvalue weighted by Gasteiger charge is -2.36. The van der Waals surface area contributed by atoms with Gasteiger partial charge in [-0.15, -0.1) is 0 Å². The van der Waals surface area contributed by atoms with Crippen LogP contribution in [0.1, 0.15) is 39.7 Å². The predicted molar refractivity (Wildman–Crippen MR) is 105 cm³/mol. The topological polar surface area (TPSA) is 93.3 Å². The summed E-state index contributed by atoms with van der Waals surface area (Å²) in [4.78, 5) is 24.5. The fraction of sp³-hybridized carbons (Fsp3) is 0.632. The summed E-state index contributed by atoms with van der Waals surface area (Å²) in [7, 11) is 0. The molecule has 1 fully saturated rings. The first-order valence-electron chi connectivity index (χ1n) is 9.39. The van der Waals surface area contributed by atoms with Crippen molar-refractivity contribution in [3.8, 4) is 5.88 Å². The first-order valence-corrected chi connectivity index (χ1v) is 9.39. The molecule has 1 saturated heterocycles. The number of piperazine rings is 1. The minimum absolute atomic E-state index is 0.286. The molecule has 1 aromatic heterocycles. The molecule has 0 spiro atoms. The number of rotatable bonds is 5. The molecule has 0 aromatic carbocycles. The highest BCUT2D eigenvalue weighted by atomic mass is 16.6. The van der Waals surface area contributed by atoms with Crippen LogP contribution in [0.5, 0.6) is 5.88 Å². The van der Waals surface area contributed by atoms with Gasteiger partial charge in [0.2, 0.25) is 5.88 Å². The Morgan fingerprint density at radius 3 is 2.56 bits per heavy atom. The molecule has 2 N–H and O–H groups in total. The maximum atomic E-state index is 12.1. The Kier molecular flexibility index (Phi) is 7.27. The summed E-state index contributed by atoms with van der Waals surface area (Å²) in [5.74, 6) is 1.06. The molecular formula is C19H31N5O3. The van der Waals surface area contributed by atoms with Crippen molar-refractivity contribution in [3.63, 3.8) is 0 Å². The second-order valence-corrected chi connectivity index (χ2v) is 7.45. The Bertz CT molecular complexity index is 649. The van der Waals surface area contributed by atoms with E-state index in [0.29, 0.717) is 51.2 Å². The van der Waals surface area contributed by atoms with Crippen molar-refractivity contribution in [2.75, 3.05) is 32.8 Å². The molecule has 2 heterocycles. The van der Waals surface area contributed by atoms with E-state index in [-0.39, 0.29) is 6.09 Å². The normalized spacial score (nSPS) is 15.6. The third-order valence-electron chi connectivity index (χ3n) is 3.96. The van der Waals surface area contributed by atoms with Gasteiger partial charge in [0.15, 0.2) is 5.96 Å². The number of nitrogens with two attached hydrogens (primary N) is 1. The van der Waals surface area contributed by atoms with E-state index in [1.165, 1.54) is 0 Å². The third-order valence-corrected chi connectivity index (χ3v) is 3.96. The molecule has 1 aromatic rings. The van der Waals surface area contributed by atoms with Crippen molar-refractivity contribution in [1.82, 2.24) is 14.8 Å². The molecule has 0 saturated carbocycles. The summed E-state index contributed by atoms with van der Waals surface area (Å²) >= 11 is 0. The van der Waals surface area contributed by atoms with Crippen molar-refractivity contribution in [2.24, 2.45) is 10.7 Å². The van der Waals surface area contributed by atoms with Gasteiger partial charge in [0.1, 0.15) is 5.60 Å². The van der Waals surface area contributed by atoms with Crippen LogP contribution in [0.3, 0.4) is 0 Å². The smallest absolute Gasteiger partial charge is 0.410 e. The van der Waals surface area contributed by atoms with Crippen molar-refractivity contribution in [1.29, 1.82) is 0 Å². The Balaban J connectivity index is 1.89. The highest BCUT2D eigenvalue weighted by Gasteiger charge is 2.26. The van der Waals surface area contributed by atoms with Gasteiger partial charge in [-0.3, -0.25) is 0 Å². The summed E-state index contributed by atoms with van der Waals surface area (Å²) < 4.78 is 11.1. The zero-order chi connectivity index (χ0) is 19.9. The fourth-order valence-electron chi connectivity index (χ4n) is 2.58. The standard InChI is InChI=1S/C19H31N5O3/c1-5-13-26-16-15(7-6-8-21-16)14-22-17(20)23-9-11-24(12-10-23)18(25)27-19(2,3)4/h6-8H,5,9-14H2,1-4H3,(H2,20,22). The number of hydrogen-bond acceptors (Lipinski definition) is 5. The number of carbonyl (C=O) groups excluding carboxylic acids is 1. The van der Waals surface area contributed by atoms with E-state index in [1.807, 2.05) is 37.8 Å². The highest BCUT2D eigenvalue weighted by molar-refractivity contribution is 5.78. The van der Waals surface area contributed by atoms with Crippen LogP contribution in [-0.4, -0.2) is 65.2 Å². The molecule has 8 heteroatoms. The molecule has 0 aliphatic carbocycles. The van der Waals surface area contributed by atoms with Crippen LogP contribution in [0.25, 0.3) is 0 Å². The summed E-state index contributed by atoms with van der Waals surface area (Å²) in [6.45, 7) is 11.0. The van der Waals surface area contributed by atoms with E-state index in [1.54, 1.807) is 11.1 Å². The first kappa shape index (κ1) is 20.8. The molecule has 1 amide bonds. The summed E-state index contributed by atoms with van der Waals surface area (Å²) in [6, 6.07) is 3.80. The van der Waals surface area contributed by atoms with Gasteiger partial charge in [-0.1, -0.05) is 13.0 Å². The number of guanidine groups is 1. The lowest BCUT2D eigenvalue weighted by Crippen LogP contribution is -2.53. The molecule has 150 valence electrons. The van der Waals surface area contributed by atoms with Crippen LogP contribution in [0, 0.1) is 0 Å². The van der Waals surface area contributed by atoms with Gasteiger partial charge in [-0.2, -0.15) is 0 Å². The average molecular weight is 377 g/mol. The zero-order valence-electron chi connectivity index (χ0n) is 16.8. The lowest BCUT2D eigenvalue weighted by atomic mass is 10.2. The number of pyridine rings is 1. The Labute approximate surface area is 161 Å². The van der Waals surface area contributed by atoms with Crippen LogP contribution < -0.4 is 10.5 Å². The number of nitrogens with zero attached hydrogens (tertiary/aromatic N) is 4. The van der Waals surface area contributed by atoms with Crippen molar-refractivity contribution in [2.45, 2.75) is 46.3 Å². The Morgan fingerprint density at radius 2 is 1.93 bits per heavy atom. The van der Waals surface area contributed by atoms with Crippen molar-refractivity contribution in [3.05, 3.63) is 23.9 Å². The minimum atomic E-state index is -0.490. The molecule has 8 nitrogen and oxygen atoms in total. The second kappa shape index (κ2) is 9.43. The molecule has 27 heavy (non-hydrogen) atoms. The van der Waals surface area contributed by atoms with Crippen LogP contribution in [-0.2, 0) is 11.3 Å². The number of ether oxygens (including phenoxy) is 2. The maximum absolute atomic E-state index is 12.1. The van der Waals surface area contributed by atoms with E-state index in [0.717, 1.165) is 12.0 Å². The minimum Gasteiger partial charge on any atom is -0.477 e. The monoisotopic (exact) mass is 377 g/mol. The van der Waals surface area contributed by atoms with Gasteiger partial charge in [0, 0.05) is 37.9 Å². The van der Waals surface area contributed by atoms with Gasteiger partial charge in [-0.25, -0.2) is 14.8 Å². The van der Waals surface area contributed by atoms with Gasteiger partial charge < -0.3 is 25.0 Å². The summed E-state index contributed by atoms with van der Waals surface area (Å²) in [5, 5.41) is 0. The number of aromatic nitrogens is 1. The number of amides is 1. The van der Waals surface area contributed by atoms with Crippen LogP contribution >= 0.6 is 0 Å². The average Bonchev–Trinajstić information content (AvgIpc) is 2.63. The maximum Gasteiger partial charge on any atom is 0.410 e. The van der Waals surface area contributed by atoms with Gasteiger partial charge in [0.25, 0.3) is 0 Å². The van der Waals surface area contributed by atoms with Gasteiger partial charge in [0.05, 0.1) is 13.2 Å². The number of carbonyl (C=O) groups is 1. The highest BCUT2D eigenvalue weighted by Crippen LogP contribution is 2.16. The van der Waals surface area contributed by atoms with Gasteiger partial charge >= 0.3 is 6.09 Å². The third kappa shape index (κ3) is 6.62. The first-order chi connectivity index (χ1) is 12.8. The number of aliphatic imine (C=N–C) groups is 1. The Hall–Kier alpha value is -2.51. The number of hydrogen-bond donors (Lipinski definition) is 1. The molecule has 2 rings (SSSR count). The summed E-state index contributed by atoms with van der Waals surface area (Å²) in [5.41, 5.74) is 6.56. The molecule has 0 bridgehead atoms. The lowest BCUT2D eigenvalue weighted by molar-refractivity contribution is 0.0186. The van der Waals surface area contributed by atoms with E-state index >= 15 is 0 Å². The molecule has 0 atom stereocenters. The predicted octanol–water partition coefficient (Wildman–Crippen LogP) is 2.24. The van der Waals surface area contributed by atoms with Crippen LogP contribution in [0.2, 0.25) is 0 Å². The van der Waals surface area contributed by atoms with Crippen molar-refractivity contribution < 1.29 is 14.3 Å².